The Bertz CT molecular complexity index is 1190. The van der Waals surface area contributed by atoms with Gasteiger partial charge in [-0.3, -0.25) is 9.10 Å². The number of sulfonamides is 1. The second-order valence-corrected chi connectivity index (χ2v) is 10.1. The number of nitrogens with one attached hydrogen (secondary N) is 1. The lowest BCUT2D eigenvalue weighted by atomic mass is 10.1. The fourth-order valence-corrected chi connectivity index (χ4v) is 5.20. The van der Waals surface area contributed by atoms with Crippen LogP contribution in [0.2, 0.25) is 0 Å². The predicted octanol–water partition coefficient (Wildman–Crippen LogP) is 5.17. The van der Waals surface area contributed by atoms with Gasteiger partial charge in [-0.2, -0.15) is 0 Å². The number of carbonyl (C=O) groups is 1. The molecule has 0 heterocycles. The van der Waals surface area contributed by atoms with Crippen LogP contribution < -0.4 is 9.62 Å². The maximum atomic E-state index is 13.5. The Morgan fingerprint density at radius 1 is 0.935 bits per heavy atom. The number of hydrogen-bond acceptors (Lipinski definition) is 4. The molecule has 0 aliphatic heterocycles. The minimum Gasteiger partial charge on any atom is -0.324 e. The van der Waals surface area contributed by atoms with Gasteiger partial charge in [-0.25, -0.2) is 8.42 Å². The molecule has 5 nitrogen and oxygen atoms in total. The minimum atomic E-state index is -3.94. The van der Waals surface area contributed by atoms with Crippen LogP contribution in [0.1, 0.15) is 16.7 Å². The molecule has 31 heavy (non-hydrogen) atoms. The number of rotatable bonds is 7. The third kappa shape index (κ3) is 5.48. The van der Waals surface area contributed by atoms with Crippen LogP contribution in [0.4, 0.5) is 11.4 Å². The summed E-state index contributed by atoms with van der Waals surface area (Å²) in [6, 6.07) is 19.6. The molecule has 0 unspecified atom stereocenters. The first kappa shape index (κ1) is 22.9. The molecule has 7 heteroatoms. The Hall–Kier alpha value is -2.77. The molecule has 1 N–H and O–H groups in total. The van der Waals surface area contributed by atoms with E-state index in [2.05, 4.69) is 5.32 Å². The van der Waals surface area contributed by atoms with Crippen molar-refractivity contribution in [1.82, 2.24) is 0 Å². The number of anilines is 2. The number of nitrogens with zero attached hydrogens (tertiary/aromatic N) is 1. The van der Waals surface area contributed by atoms with Crippen LogP contribution in [0.15, 0.2) is 76.5 Å². The molecule has 0 atom stereocenters. The standard InChI is InChI=1S/C24H26N2O3S2/c1-17-8-11-22(12-9-17)31(28,29)26(23-13-10-18(2)14-19(23)3)16-24(27)25-20-6-5-7-21(15-20)30-4/h5-15H,16H2,1-4H3,(H,25,27). The van der Waals surface area contributed by atoms with Crippen LogP contribution in [-0.2, 0) is 14.8 Å². The van der Waals surface area contributed by atoms with Crippen molar-refractivity contribution in [3.05, 3.63) is 83.4 Å². The Balaban J connectivity index is 1.97. The Morgan fingerprint density at radius 3 is 2.26 bits per heavy atom. The lowest BCUT2D eigenvalue weighted by molar-refractivity contribution is -0.114. The Kier molecular flexibility index (Phi) is 7.08. The molecule has 3 rings (SSSR count). The van der Waals surface area contributed by atoms with E-state index >= 15 is 0 Å². The average molecular weight is 455 g/mol. The highest BCUT2D eigenvalue weighted by Gasteiger charge is 2.28. The third-order valence-corrected chi connectivity index (χ3v) is 7.37. The topological polar surface area (TPSA) is 66.5 Å². The zero-order chi connectivity index (χ0) is 22.6. The van der Waals surface area contributed by atoms with Gasteiger partial charge in [0.25, 0.3) is 10.0 Å². The lowest BCUT2D eigenvalue weighted by Crippen LogP contribution is -2.38. The zero-order valence-electron chi connectivity index (χ0n) is 18.0. The van der Waals surface area contributed by atoms with E-state index in [-0.39, 0.29) is 11.4 Å². The molecule has 0 saturated carbocycles. The van der Waals surface area contributed by atoms with E-state index in [0.717, 1.165) is 21.6 Å². The first-order chi connectivity index (χ1) is 14.7. The largest absolute Gasteiger partial charge is 0.324 e. The summed E-state index contributed by atoms with van der Waals surface area (Å²) >= 11 is 1.57. The van der Waals surface area contributed by atoms with Crippen molar-refractivity contribution in [2.45, 2.75) is 30.6 Å². The normalized spacial score (nSPS) is 11.2. The molecule has 0 aliphatic carbocycles. The van der Waals surface area contributed by atoms with Crippen LogP contribution in [0.3, 0.4) is 0 Å². The number of thioether (sulfide) groups is 1. The molecule has 0 saturated heterocycles. The molecule has 0 aromatic heterocycles. The van der Waals surface area contributed by atoms with Gasteiger partial charge >= 0.3 is 0 Å². The highest BCUT2D eigenvalue weighted by atomic mass is 32.2. The van der Waals surface area contributed by atoms with Crippen molar-refractivity contribution >= 4 is 39.1 Å². The van der Waals surface area contributed by atoms with Crippen LogP contribution >= 0.6 is 11.8 Å². The molecule has 162 valence electrons. The minimum absolute atomic E-state index is 0.148. The predicted molar refractivity (Wildman–Crippen MR) is 128 cm³/mol. The fourth-order valence-electron chi connectivity index (χ4n) is 3.25. The molecule has 0 bridgehead atoms. The fraction of sp³-hybridized carbons (Fsp3) is 0.208. The van der Waals surface area contributed by atoms with E-state index in [9.17, 15) is 13.2 Å². The first-order valence-corrected chi connectivity index (χ1v) is 12.5. The van der Waals surface area contributed by atoms with Crippen molar-refractivity contribution in [3.8, 4) is 0 Å². The SMILES string of the molecule is CSc1cccc(NC(=O)CN(c2ccc(C)cc2C)S(=O)(=O)c2ccc(C)cc2)c1. The van der Waals surface area contributed by atoms with Crippen molar-refractivity contribution in [2.75, 3.05) is 22.4 Å². The van der Waals surface area contributed by atoms with E-state index in [0.29, 0.717) is 11.4 Å². The first-order valence-electron chi connectivity index (χ1n) is 9.81. The molecule has 0 spiro atoms. The van der Waals surface area contributed by atoms with Gasteiger partial charge in [-0.05, 0) is 69.0 Å². The molecular weight excluding hydrogens is 428 g/mol. The van der Waals surface area contributed by atoms with Crippen LogP contribution in [-0.4, -0.2) is 27.1 Å². The van der Waals surface area contributed by atoms with Gasteiger partial charge in [0.2, 0.25) is 5.91 Å². The maximum Gasteiger partial charge on any atom is 0.264 e. The molecule has 3 aromatic carbocycles. The summed E-state index contributed by atoms with van der Waals surface area (Å²) in [7, 11) is -3.94. The van der Waals surface area contributed by atoms with Crippen molar-refractivity contribution in [3.63, 3.8) is 0 Å². The Morgan fingerprint density at radius 2 is 1.61 bits per heavy atom. The second kappa shape index (κ2) is 9.58. The van der Waals surface area contributed by atoms with Crippen molar-refractivity contribution in [2.24, 2.45) is 0 Å². The number of amides is 1. The maximum absolute atomic E-state index is 13.5. The van der Waals surface area contributed by atoms with Crippen molar-refractivity contribution < 1.29 is 13.2 Å². The van der Waals surface area contributed by atoms with Crippen LogP contribution in [0.25, 0.3) is 0 Å². The summed E-state index contributed by atoms with van der Waals surface area (Å²) in [5.41, 5.74) is 3.88. The van der Waals surface area contributed by atoms with E-state index in [1.54, 1.807) is 48.2 Å². The van der Waals surface area contributed by atoms with Gasteiger partial charge in [0.15, 0.2) is 0 Å². The average Bonchev–Trinajstić information content (AvgIpc) is 2.73. The molecule has 1 amide bonds. The summed E-state index contributed by atoms with van der Waals surface area (Å²) in [6.45, 7) is 5.36. The van der Waals surface area contributed by atoms with Gasteiger partial charge in [0.1, 0.15) is 6.54 Å². The number of hydrogen-bond donors (Lipinski definition) is 1. The van der Waals surface area contributed by atoms with Gasteiger partial charge < -0.3 is 5.32 Å². The Labute approximate surface area is 188 Å². The van der Waals surface area contributed by atoms with E-state index in [1.165, 1.54) is 4.31 Å². The number of benzene rings is 3. The molecule has 0 fully saturated rings. The van der Waals surface area contributed by atoms with Gasteiger partial charge in [-0.15, -0.1) is 11.8 Å². The number of carbonyl (C=O) groups excluding carboxylic acids is 1. The number of aryl methyl sites for hydroxylation is 3. The molecule has 3 aromatic rings. The van der Waals surface area contributed by atoms with E-state index < -0.39 is 15.9 Å². The van der Waals surface area contributed by atoms with Gasteiger partial charge in [0, 0.05) is 10.6 Å². The van der Waals surface area contributed by atoms with Gasteiger partial charge in [0.05, 0.1) is 10.6 Å². The highest BCUT2D eigenvalue weighted by molar-refractivity contribution is 7.98. The third-order valence-electron chi connectivity index (χ3n) is 4.87. The van der Waals surface area contributed by atoms with E-state index in [1.807, 2.05) is 57.4 Å². The molecule has 0 radical (unpaired) electrons. The summed E-state index contributed by atoms with van der Waals surface area (Å²) in [6.07, 6.45) is 1.96. The zero-order valence-corrected chi connectivity index (χ0v) is 19.7. The van der Waals surface area contributed by atoms with Crippen LogP contribution in [0.5, 0.6) is 0 Å². The molecule has 0 aliphatic rings. The summed E-state index contributed by atoms with van der Waals surface area (Å²) in [4.78, 5) is 14.0. The quantitative estimate of drug-likeness (QED) is 0.500. The summed E-state index contributed by atoms with van der Waals surface area (Å²) < 4.78 is 28.2. The van der Waals surface area contributed by atoms with Crippen LogP contribution in [0, 0.1) is 20.8 Å². The monoisotopic (exact) mass is 454 g/mol. The summed E-state index contributed by atoms with van der Waals surface area (Å²) in [5, 5.41) is 2.82. The van der Waals surface area contributed by atoms with Crippen molar-refractivity contribution in [1.29, 1.82) is 0 Å². The summed E-state index contributed by atoms with van der Waals surface area (Å²) in [5.74, 6) is -0.408. The highest BCUT2D eigenvalue weighted by Crippen LogP contribution is 2.28. The lowest BCUT2D eigenvalue weighted by Gasteiger charge is -2.26. The van der Waals surface area contributed by atoms with E-state index in [4.69, 9.17) is 0 Å². The molecular formula is C24H26N2O3S2. The second-order valence-electron chi connectivity index (χ2n) is 7.39. The smallest absolute Gasteiger partial charge is 0.264 e. The van der Waals surface area contributed by atoms with Gasteiger partial charge in [-0.1, -0.05) is 41.5 Å².